The summed E-state index contributed by atoms with van der Waals surface area (Å²) in [7, 11) is 0. The van der Waals surface area contributed by atoms with Crippen LogP contribution in [0.2, 0.25) is 0 Å². The van der Waals surface area contributed by atoms with Gasteiger partial charge in [0.25, 0.3) is 0 Å². The van der Waals surface area contributed by atoms with Crippen LogP contribution in [0.4, 0.5) is 13.2 Å². The highest BCUT2D eigenvalue weighted by molar-refractivity contribution is 7.19. The molecule has 4 aromatic rings. The van der Waals surface area contributed by atoms with E-state index in [2.05, 4.69) is 0 Å². The smallest absolute Gasteiger partial charge is 0.416 e. The molecular formula is C24H17F3O2S. The fraction of sp³-hybridized carbons (Fsp3) is 0.125. The van der Waals surface area contributed by atoms with Gasteiger partial charge in [-0.2, -0.15) is 13.2 Å². The van der Waals surface area contributed by atoms with Crippen molar-refractivity contribution in [3.05, 3.63) is 93.9 Å². The number of benzene rings is 3. The van der Waals surface area contributed by atoms with E-state index < -0.39 is 17.7 Å². The summed E-state index contributed by atoms with van der Waals surface area (Å²) < 4.78 is 40.0. The number of thiophene rings is 1. The van der Waals surface area contributed by atoms with Crippen LogP contribution in [-0.4, -0.2) is 11.1 Å². The van der Waals surface area contributed by atoms with E-state index in [9.17, 15) is 23.1 Å². The lowest BCUT2D eigenvalue weighted by Gasteiger charge is -2.09. The fourth-order valence-corrected chi connectivity index (χ4v) is 4.74. The van der Waals surface area contributed by atoms with Crippen LogP contribution in [0, 0.1) is 6.92 Å². The zero-order valence-corrected chi connectivity index (χ0v) is 16.8. The van der Waals surface area contributed by atoms with Gasteiger partial charge >= 0.3 is 12.1 Å². The summed E-state index contributed by atoms with van der Waals surface area (Å²) in [4.78, 5) is 12.3. The number of alkyl halides is 3. The third-order valence-electron chi connectivity index (χ3n) is 5.00. The molecule has 0 saturated carbocycles. The zero-order chi connectivity index (χ0) is 21.5. The number of rotatable bonds is 4. The Bertz CT molecular complexity index is 1260. The number of hydrogen-bond acceptors (Lipinski definition) is 2. The van der Waals surface area contributed by atoms with Gasteiger partial charge in [0, 0.05) is 16.0 Å². The first-order valence-corrected chi connectivity index (χ1v) is 10.1. The second-order valence-electron chi connectivity index (χ2n) is 7.15. The minimum atomic E-state index is -4.37. The van der Waals surface area contributed by atoms with Crippen molar-refractivity contribution in [2.24, 2.45) is 0 Å². The Balaban J connectivity index is 1.75. The molecule has 1 heterocycles. The van der Waals surface area contributed by atoms with E-state index in [-0.39, 0.29) is 5.56 Å². The van der Waals surface area contributed by atoms with Crippen LogP contribution < -0.4 is 0 Å². The number of carboxylic acid groups (broad SMARTS) is 1. The Kier molecular flexibility index (Phi) is 5.12. The molecule has 0 amide bonds. The Morgan fingerprint density at radius 3 is 2.47 bits per heavy atom. The summed E-state index contributed by atoms with van der Waals surface area (Å²) in [5, 5.41) is 10.3. The van der Waals surface area contributed by atoms with Gasteiger partial charge in [0.2, 0.25) is 0 Å². The number of fused-ring (bicyclic) bond motifs is 1. The summed E-state index contributed by atoms with van der Waals surface area (Å²) in [5.41, 5.74) is 2.89. The molecule has 6 heteroatoms. The van der Waals surface area contributed by atoms with Gasteiger partial charge in [0.05, 0.1) is 11.1 Å². The van der Waals surface area contributed by atoms with E-state index in [1.807, 2.05) is 31.2 Å². The molecule has 0 bridgehead atoms. The van der Waals surface area contributed by atoms with Gasteiger partial charge in [0.1, 0.15) is 0 Å². The van der Waals surface area contributed by atoms with Gasteiger partial charge < -0.3 is 5.11 Å². The first-order chi connectivity index (χ1) is 14.2. The molecule has 1 aromatic heterocycles. The van der Waals surface area contributed by atoms with Crippen LogP contribution in [-0.2, 0) is 12.6 Å². The van der Waals surface area contributed by atoms with Crippen molar-refractivity contribution in [3.63, 3.8) is 0 Å². The van der Waals surface area contributed by atoms with Gasteiger partial charge in [-0.1, -0.05) is 42.5 Å². The van der Waals surface area contributed by atoms with Crippen molar-refractivity contribution < 1.29 is 23.1 Å². The zero-order valence-electron chi connectivity index (χ0n) is 16.0. The SMILES string of the molecule is Cc1ccc(C(=O)O)cc1-c1cccc2cc(Cc3cccc(C(F)(F)F)c3)sc12. The van der Waals surface area contributed by atoms with Crippen molar-refractivity contribution in [1.29, 1.82) is 0 Å². The molecule has 3 aromatic carbocycles. The highest BCUT2D eigenvalue weighted by Gasteiger charge is 2.30. The summed E-state index contributed by atoms with van der Waals surface area (Å²) in [6, 6.07) is 18.2. The van der Waals surface area contributed by atoms with Gasteiger partial charge in [-0.25, -0.2) is 4.79 Å². The van der Waals surface area contributed by atoms with Crippen LogP contribution in [0.25, 0.3) is 21.2 Å². The first-order valence-electron chi connectivity index (χ1n) is 9.24. The minimum absolute atomic E-state index is 0.216. The van der Waals surface area contributed by atoms with Gasteiger partial charge in [-0.15, -0.1) is 11.3 Å². The highest BCUT2D eigenvalue weighted by Crippen LogP contribution is 2.38. The lowest BCUT2D eigenvalue weighted by molar-refractivity contribution is -0.137. The molecule has 0 radical (unpaired) electrons. The molecule has 0 atom stereocenters. The lowest BCUT2D eigenvalue weighted by atomic mass is 9.97. The average Bonchev–Trinajstić information content (AvgIpc) is 3.10. The first kappa shape index (κ1) is 20.2. The number of aromatic carboxylic acids is 1. The molecule has 0 spiro atoms. The Labute approximate surface area is 175 Å². The molecule has 0 aliphatic rings. The molecule has 4 rings (SSSR count). The van der Waals surface area contributed by atoms with E-state index in [4.69, 9.17) is 0 Å². The predicted octanol–water partition coefficient (Wildman–Crippen LogP) is 7.18. The molecule has 0 unspecified atom stereocenters. The standard InChI is InChI=1S/C24H17F3O2S/c1-14-8-9-17(23(28)29)13-21(14)20-7-3-5-16-12-19(30-22(16)20)11-15-4-2-6-18(10-15)24(25,26)27/h2-10,12-13H,11H2,1H3,(H,28,29). The van der Waals surface area contributed by atoms with Crippen LogP contribution >= 0.6 is 11.3 Å². The van der Waals surface area contributed by atoms with Gasteiger partial charge in [0.15, 0.2) is 0 Å². The summed E-state index contributed by atoms with van der Waals surface area (Å²) in [6.07, 6.45) is -3.97. The third-order valence-corrected chi connectivity index (χ3v) is 6.19. The summed E-state index contributed by atoms with van der Waals surface area (Å²) in [6.45, 7) is 1.93. The van der Waals surface area contributed by atoms with E-state index in [0.717, 1.165) is 37.7 Å². The van der Waals surface area contributed by atoms with Crippen molar-refractivity contribution in [3.8, 4) is 11.1 Å². The van der Waals surface area contributed by atoms with Gasteiger partial charge in [-0.3, -0.25) is 0 Å². The maximum absolute atomic E-state index is 13.0. The van der Waals surface area contributed by atoms with Crippen molar-refractivity contribution in [2.45, 2.75) is 19.5 Å². The largest absolute Gasteiger partial charge is 0.478 e. The van der Waals surface area contributed by atoms with Gasteiger partial charge in [-0.05, 0) is 58.8 Å². The Hall–Kier alpha value is -3.12. The highest BCUT2D eigenvalue weighted by atomic mass is 32.1. The number of carbonyl (C=O) groups is 1. The Morgan fingerprint density at radius 2 is 1.73 bits per heavy atom. The quantitative estimate of drug-likeness (QED) is 0.375. The topological polar surface area (TPSA) is 37.3 Å². The maximum Gasteiger partial charge on any atom is 0.416 e. The fourth-order valence-electron chi connectivity index (χ4n) is 3.52. The van der Waals surface area contributed by atoms with E-state index >= 15 is 0 Å². The average molecular weight is 426 g/mol. The van der Waals surface area contributed by atoms with Crippen LogP contribution in [0.5, 0.6) is 0 Å². The summed E-state index contributed by atoms with van der Waals surface area (Å²) in [5.74, 6) is -0.986. The Morgan fingerprint density at radius 1 is 0.967 bits per heavy atom. The second-order valence-corrected chi connectivity index (χ2v) is 8.28. The normalized spacial score (nSPS) is 11.7. The summed E-state index contributed by atoms with van der Waals surface area (Å²) >= 11 is 1.52. The molecule has 152 valence electrons. The number of halogens is 3. The number of carboxylic acids is 1. The van der Waals surface area contributed by atoms with Crippen LogP contribution in [0.15, 0.2) is 66.7 Å². The molecule has 0 aliphatic heterocycles. The third kappa shape index (κ3) is 3.96. The molecular weight excluding hydrogens is 409 g/mol. The van der Waals surface area contributed by atoms with E-state index in [1.54, 1.807) is 24.3 Å². The molecule has 0 saturated heterocycles. The van der Waals surface area contributed by atoms with Crippen LogP contribution in [0.1, 0.15) is 31.9 Å². The molecule has 0 fully saturated rings. The molecule has 2 nitrogen and oxygen atoms in total. The van der Waals surface area contributed by atoms with E-state index in [0.29, 0.717) is 12.0 Å². The van der Waals surface area contributed by atoms with Crippen molar-refractivity contribution >= 4 is 27.4 Å². The second kappa shape index (κ2) is 7.61. The molecule has 0 aliphatic carbocycles. The van der Waals surface area contributed by atoms with E-state index in [1.165, 1.54) is 23.5 Å². The lowest BCUT2D eigenvalue weighted by Crippen LogP contribution is -2.05. The predicted molar refractivity (Wildman–Crippen MR) is 113 cm³/mol. The minimum Gasteiger partial charge on any atom is -0.478 e. The van der Waals surface area contributed by atoms with Crippen molar-refractivity contribution in [2.75, 3.05) is 0 Å². The van der Waals surface area contributed by atoms with Crippen LogP contribution in [0.3, 0.4) is 0 Å². The molecule has 1 N–H and O–H groups in total. The number of hydrogen-bond donors (Lipinski definition) is 1. The number of aryl methyl sites for hydroxylation is 1. The maximum atomic E-state index is 13.0. The molecule has 30 heavy (non-hydrogen) atoms. The van der Waals surface area contributed by atoms with Crippen molar-refractivity contribution in [1.82, 2.24) is 0 Å². The monoisotopic (exact) mass is 426 g/mol.